The predicted molar refractivity (Wildman–Crippen MR) is 63.0 cm³/mol. The monoisotopic (exact) mass is 200 g/mol. The van der Waals surface area contributed by atoms with Crippen molar-refractivity contribution in [2.75, 3.05) is 0 Å². The van der Waals surface area contributed by atoms with Crippen molar-refractivity contribution in [2.45, 2.75) is 33.1 Å². The number of aldehydes is 1. The molecule has 0 fully saturated rings. The fourth-order valence-corrected chi connectivity index (χ4v) is 1.30. The number of carbonyl (C=O) groups excluding carboxylic acids is 1. The van der Waals surface area contributed by atoms with Crippen molar-refractivity contribution in [2.24, 2.45) is 0 Å². The van der Waals surface area contributed by atoms with Crippen molar-refractivity contribution in [3.8, 4) is 11.8 Å². The summed E-state index contributed by atoms with van der Waals surface area (Å²) in [5.74, 6) is 6.15. The number of hydrogen-bond donors (Lipinski definition) is 0. The summed E-state index contributed by atoms with van der Waals surface area (Å²) in [5.41, 5.74) is 2.67. The standard InChI is InChI=1S/C14H16O/c1-3-4-5-6-7-13-10-12(2)8-9-14(13)11-15/h8-11H,3-5H2,1-2H3. The van der Waals surface area contributed by atoms with Crippen LogP contribution in [0.25, 0.3) is 0 Å². The van der Waals surface area contributed by atoms with Crippen LogP contribution in [0.4, 0.5) is 0 Å². The highest BCUT2D eigenvalue weighted by molar-refractivity contribution is 5.79. The van der Waals surface area contributed by atoms with Crippen molar-refractivity contribution >= 4 is 6.29 Å². The second kappa shape index (κ2) is 6.03. The Hall–Kier alpha value is -1.55. The molecule has 1 heteroatoms. The Bertz CT molecular complexity index is 394. The lowest BCUT2D eigenvalue weighted by molar-refractivity contribution is 0.112. The molecule has 0 unspecified atom stereocenters. The van der Waals surface area contributed by atoms with Gasteiger partial charge in [-0.15, -0.1) is 0 Å². The first kappa shape index (κ1) is 11.5. The number of aryl methyl sites for hydroxylation is 1. The Kier molecular flexibility index (Phi) is 4.63. The Morgan fingerprint density at radius 2 is 2.20 bits per heavy atom. The largest absolute Gasteiger partial charge is 0.298 e. The van der Waals surface area contributed by atoms with Crippen LogP contribution in [0.3, 0.4) is 0 Å². The van der Waals surface area contributed by atoms with E-state index in [-0.39, 0.29) is 0 Å². The van der Waals surface area contributed by atoms with Gasteiger partial charge in [0.1, 0.15) is 0 Å². The molecule has 0 radical (unpaired) electrons. The van der Waals surface area contributed by atoms with E-state index in [0.29, 0.717) is 5.56 Å². The minimum absolute atomic E-state index is 0.685. The van der Waals surface area contributed by atoms with Crippen LogP contribution in [-0.2, 0) is 0 Å². The second-order valence-corrected chi connectivity index (χ2v) is 3.61. The van der Waals surface area contributed by atoms with Gasteiger partial charge in [-0.1, -0.05) is 37.3 Å². The quantitative estimate of drug-likeness (QED) is 0.415. The van der Waals surface area contributed by atoms with Crippen LogP contribution in [0, 0.1) is 18.8 Å². The van der Waals surface area contributed by atoms with E-state index in [4.69, 9.17) is 0 Å². The van der Waals surface area contributed by atoms with Gasteiger partial charge in [0.2, 0.25) is 0 Å². The third-order valence-electron chi connectivity index (χ3n) is 2.21. The molecule has 0 atom stereocenters. The number of benzene rings is 1. The van der Waals surface area contributed by atoms with Crippen LogP contribution in [0.2, 0.25) is 0 Å². The molecular formula is C14H16O. The summed E-state index contributed by atoms with van der Waals surface area (Å²) >= 11 is 0. The molecule has 0 amide bonds. The fourth-order valence-electron chi connectivity index (χ4n) is 1.30. The Labute approximate surface area is 91.5 Å². The van der Waals surface area contributed by atoms with Crippen molar-refractivity contribution in [3.63, 3.8) is 0 Å². The lowest BCUT2D eigenvalue weighted by Crippen LogP contribution is -1.88. The van der Waals surface area contributed by atoms with E-state index in [2.05, 4.69) is 18.8 Å². The Morgan fingerprint density at radius 1 is 1.40 bits per heavy atom. The van der Waals surface area contributed by atoms with Gasteiger partial charge in [-0.25, -0.2) is 0 Å². The van der Waals surface area contributed by atoms with Crippen LogP contribution in [0.15, 0.2) is 18.2 Å². The van der Waals surface area contributed by atoms with Gasteiger partial charge < -0.3 is 0 Å². The average molecular weight is 200 g/mol. The van der Waals surface area contributed by atoms with Gasteiger partial charge in [0, 0.05) is 17.5 Å². The van der Waals surface area contributed by atoms with Crippen molar-refractivity contribution in [3.05, 3.63) is 34.9 Å². The number of hydrogen-bond acceptors (Lipinski definition) is 1. The number of rotatable bonds is 3. The summed E-state index contributed by atoms with van der Waals surface area (Å²) in [7, 11) is 0. The van der Waals surface area contributed by atoms with Crippen molar-refractivity contribution < 1.29 is 4.79 Å². The highest BCUT2D eigenvalue weighted by atomic mass is 16.1. The van der Waals surface area contributed by atoms with Gasteiger partial charge in [-0.05, 0) is 25.0 Å². The van der Waals surface area contributed by atoms with E-state index in [1.807, 2.05) is 25.1 Å². The first-order valence-electron chi connectivity index (χ1n) is 5.32. The van der Waals surface area contributed by atoms with E-state index in [1.165, 1.54) is 0 Å². The van der Waals surface area contributed by atoms with Gasteiger partial charge in [0.15, 0.2) is 6.29 Å². The maximum absolute atomic E-state index is 10.8. The average Bonchev–Trinajstić information content (AvgIpc) is 2.25. The third kappa shape index (κ3) is 3.59. The molecule has 0 spiro atoms. The maximum Gasteiger partial charge on any atom is 0.151 e. The molecule has 0 aliphatic carbocycles. The SMILES string of the molecule is CCCCC#Cc1cc(C)ccc1C=O. The molecule has 0 aromatic heterocycles. The summed E-state index contributed by atoms with van der Waals surface area (Å²) < 4.78 is 0. The predicted octanol–water partition coefficient (Wildman–Crippen LogP) is 3.35. The van der Waals surface area contributed by atoms with Crippen LogP contribution >= 0.6 is 0 Å². The molecule has 0 aliphatic heterocycles. The first-order valence-corrected chi connectivity index (χ1v) is 5.32. The lowest BCUT2D eigenvalue weighted by atomic mass is 10.1. The van der Waals surface area contributed by atoms with E-state index in [9.17, 15) is 4.79 Å². The second-order valence-electron chi connectivity index (χ2n) is 3.61. The zero-order valence-corrected chi connectivity index (χ0v) is 9.34. The maximum atomic E-state index is 10.8. The van der Waals surface area contributed by atoms with Crippen molar-refractivity contribution in [1.29, 1.82) is 0 Å². The molecule has 15 heavy (non-hydrogen) atoms. The van der Waals surface area contributed by atoms with E-state index in [1.54, 1.807) is 0 Å². The van der Waals surface area contributed by atoms with Crippen LogP contribution in [0.1, 0.15) is 47.7 Å². The van der Waals surface area contributed by atoms with Gasteiger partial charge in [0.25, 0.3) is 0 Å². The Balaban J connectivity index is 2.85. The molecule has 1 aromatic carbocycles. The summed E-state index contributed by atoms with van der Waals surface area (Å²) in [4.78, 5) is 10.8. The number of carbonyl (C=O) groups is 1. The van der Waals surface area contributed by atoms with E-state index >= 15 is 0 Å². The van der Waals surface area contributed by atoms with Gasteiger partial charge in [-0.2, -0.15) is 0 Å². The summed E-state index contributed by atoms with van der Waals surface area (Å²) in [5, 5.41) is 0. The molecular weight excluding hydrogens is 184 g/mol. The van der Waals surface area contributed by atoms with E-state index in [0.717, 1.165) is 36.7 Å². The molecule has 78 valence electrons. The lowest BCUT2D eigenvalue weighted by Gasteiger charge is -1.97. The molecule has 1 rings (SSSR count). The summed E-state index contributed by atoms with van der Waals surface area (Å²) in [6.07, 6.45) is 4.05. The topological polar surface area (TPSA) is 17.1 Å². The van der Waals surface area contributed by atoms with Gasteiger partial charge in [0.05, 0.1) is 0 Å². The highest BCUT2D eigenvalue weighted by Crippen LogP contribution is 2.08. The molecule has 0 saturated carbocycles. The Morgan fingerprint density at radius 3 is 2.87 bits per heavy atom. The van der Waals surface area contributed by atoms with Crippen LogP contribution in [-0.4, -0.2) is 6.29 Å². The molecule has 1 nitrogen and oxygen atoms in total. The smallest absolute Gasteiger partial charge is 0.151 e. The molecule has 0 bridgehead atoms. The van der Waals surface area contributed by atoms with Gasteiger partial charge >= 0.3 is 0 Å². The van der Waals surface area contributed by atoms with Gasteiger partial charge in [-0.3, -0.25) is 4.79 Å². The third-order valence-corrected chi connectivity index (χ3v) is 2.21. The van der Waals surface area contributed by atoms with Crippen LogP contribution in [0.5, 0.6) is 0 Å². The normalized spacial score (nSPS) is 9.20. The summed E-state index contributed by atoms with van der Waals surface area (Å²) in [6, 6.07) is 5.72. The van der Waals surface area contributed by atoms with Crippen LogP contribution < -0.4 is 0 Å². The molecule has 0 saturated heterocycles. The first-order chi connectivity index (χ1) is 7.27. The van der Waals surface area contributed by atoms with E-state index < -0.39 is 0 Å². The molecule has 0 aliphatic rings. The minimum Gasteiger partial charge on any atom is -0.298 e. The van der Waals surface area contributed by atoms with Crippen molar-refractivity contribution in [1.82, 2.24) is 0 Å². The number of unbranched alkanes of at least 4 members (excludes halogenated alkanes) is 2. The fraction of sp³-hybridized carbons (Fsp3) is 0.357. The zero-order valence-electron chi connectivity index (χ0n) is 9.34. The molecule has 1 aromatic rings. The molecule has 0 heterocycles. The minimum atomic E-state index is 0.685. The molecule has 0 N–H and O–H groups in total. The zero-order chi connectivity index (χ0) is 11.1. The highest BCUT2D eigenvalue weighted by Gasteiger charge is 1.97. The summed E-state index contributed by atoms with van der Waals surface area (Å²) in [6.45, 7) is 4.15.